The van der Waals surface area contributed by atoms with E-state index in [4.69, 9.17) is 16.7 Å². The van der Waals surface area contributed by atoms with Crippen molar-refractivity contribution in [2.75, 3.05) is 39.1 Å². The first-order valence-corrected chi connectivity index (χ1v) is 5.79. The number of nitrogens with one attached hydrogen (secondary N) is 1. The molecule has 1 aromatic carbocycles. The van der Waals surface area contributed by atoms with Crippen molar-refractivity contribution in [2.45, 2.75) is 0 Å². The molecule has 0 aromatic heterocycles. The molecule has 1 aromatic rings. The Bertz CT molecular complexity index is 380. The molecule has 0 spiro atoms. The van der Waals surface area contributed by atoms with E-state index in [2.05, 4.69) is 5.32 Å². The van der Waals surface area contributed by atoms with Crippen LogP contribution in [-0.2, 0) is 4.79 Å². The van der Waals surface area contributed by atoms with E-state index in [1.54, 1.807) is 24.3 Å². The van der Waals surface area contributed by atoms with Gasteiger partial charge in [0.25, 0.3) is 5.91 Å². The second-order valence-corrected chi connectivity index (χ2v) is 5.03. The molecule has 0 unspecified atom stereocenters. The van der Waals surface area contributed by atoms with E-state index in [-0.39, 0.29) is 24.9 Å². The Hall–Kier alpha value is -0.810. The van der Waals surface area contributed by atoms with Gasteiger partial charge in [0.2, 0.25) is 0 Å². The molecule has 0 heterocycles. The smallest absolute Gasteiger partial charge is 0.279 e. The molecule has 0 aliphatic carbocycles. The first kappa shape index (κ1) is 17.2. The fraction of sp³-hybridized carbons (Fsp3) is 0.417. The Morgan fingerprint density at radius 3 is 2.39 bits per heavy atom. The molecule has 1 rings (SSSR count). The molecule has 0 radical (unpaired) electrons. The van der Waals surface area contributed by atoms with Crippen LogP contribution in [0.15, 0.2) is 24.3 Å². The van der Waals surface area contributed by atoms with Crippen molar-refractivity contribution in [2.24, 2.45) is 0 Å². The van der Waals surface area contributed by atoms with Crippen LogP contribution in [0.4, 0.5) is 5.69 Å². The fourth-order valence-corrected chi connectivity index (χ4v) is 1.60. The Balaban J connectivity index is 0.00000289. The molecule has 18 heavy (non-hydrogen) atoms. The van der Waals surface area contributed by atoms with Gasteiger partial charge in [-0.3, -0.25) is 4.79 Å². The van der Waals surface area contributed by atoms with Gasteiger partial charge in [0.05, 0.1) is 20.7 Å². The van der Waals surface area contributed by atoms with Crippen LogP contribution in [-0.4, -0.2) is 49.3 Å². The maximum absolute atomic E-state index is 11.7. The SMILES string of the molecule is C[N+](C)(CCO)CC(=O)Nc1ccc(Cl)cc1.[Cl-]. The van der Waals surface area contributed by atoms with Crippen molar-refractivity contribution < 1.29 is 26.8 Å². The Morgan fingerprint density at radius 2 is 1.89 bits per heavy atom. The summed E-state index contributed by atoms with van der Waals surface area (Å²) in [6.07, 6.45) is 0. The zero-order valence-electron chi connectivity index (χ0n) is 10.5. The van der Waals surface area contributed by atoms with Crippen molar-refractivity contribution in [1.82, 2.24) is 0 Å². The lowest BCUT2D eigenvalue weighted by Gasteiger charge is -2.27. The predicted octanol–water partition coefficient (Wildman–Crippen LogP) is -1.65. The average molecular weight is 293 g/mol. The minimum absolute atomic E-state index is 0. The third kappa shape index (κ3) is 6.21. The van der Waals surface area contributed by atoms with E-state index in [1.807, 2.05) is 14.1 Å². The van der Waals surface area contributed by atoms with Gasteiger partial charge in [-0.25, -0.2) is 0 Å². The van der Waals surface area contributed by atoms with E-state index in [1.165, 1.54) is 0 Å². The lowest BCUT2D eigenvalue weighted by atomic mass is 10.3. The zero-order chi connectivity index (χ0) is 12.9. The lowest BCUT2D eigenvalue weighted by molar-refractivity contribution is -0.882. The van der Waals surface area contributed by atoms with Crippen LogP contribution in [0.1, 0.15) is 0 Å². The number of benzene rings is 1. The number of quaternary nitrogens is 1. The van der Waals surface area contributed by atoms with E-state index >= 15 is 0 Å². The number of likely N-dealkylation sites (N-methyl/N-ethyl adjacent to an activating group) is 1. The van der Waals surface area contributed by atoms with E-state index in [9.17, 15) is 4.79 Å². The van der Waals surface area contributed by atoms with E-state index < -0.39 is 0 Å². The number of hydrogen-bond donors (Lipinski definition) is 2. The summed E-state index contributed by atoms with van der Waals surface area (Å²) in [6.45, 7) is 0.943. The van der Waals surface area contributed by atoms with Crippen LogP contribution in [0.25, 0.3) is 0 Å². The molecule has 102 valence electrons. The summed E-state index contributed by atoms with van der Waals surface area (Å²) < 4.78 is 0.454. The minimum atomic E-state index is -0.0780. The first-order chi connectivity index (χ1) is 7.93. The van der Waals surface area contributed by atoms with Crippen LogP contribution in [0.5, 0.6) is 0 Å². The summed E-state index contributed by atoms with van der Waals surface area (Å²) in [4.78, 5) is 11.7. The maximum Gasteiger partial charge on any atom is 0.279 e. The number of carbonyl (C=O) groups excluding carboxylic acids is 1. The monoisotopic (exact) mass is 292 g/mol. The third-order valence-electron chi connectivity index (χ3n) is 2.40. The highest BCUT2D eigenvalue weighted by molar-refractivity contribution is 6.30. The second-order valence-electron chi connectivity index (χ2n) is 4.60. The minimum Gasteiger partial charge on any atom is -1.00 e. The average Bonchev–Trinajstić information content (AvgIpc) is 2.20. The number of aliphatic hydroxyl groups is 1. The highest BCUT2D eigenvalue weighted by Gasteiger charge is 2.19. The van der Waals surface area contributed by atoms with Gasteiger partial charge in [-0.1, -0.05) is 11.6 Å². The van der Waals surface area contributed by atoms with Crippen molar-refractivity contribution in [1.29, 1.82) is 0 Å². The summed E-state index contributed by atoms with van der Waals surface area (Å²) in [5.74, 6) is -0.0780. The molecule has 0 aliphatic heterocycles. The van der Waals surface area contributed by atoms with E-state index in [0.717, 1.165) is 5.69 Å². The molecule has 4 nitrogen and oxygen atoms in total. The van der Waals surface area contributed by atoms with Crippen molar-refractivity contribution in [3.8, 4) is 0 Å². The van der Waals surface area contributed by atoms with Gasteiger partial charge < -0.3 is 27.3 Å². The summed E-state index contributed by atoms with van der Waals surface area (Å²) in [7, 11) is 3.80. The van der Waals surface area contributed by atoms with Gasteiger partial charge >= 0.3 is 0 Å². The van der Waals surface area contributed by atoms with Crippen molar-refractivity contribution >= 4 is 23.2 Å². The highest BCUT2D eigenvalue weighted by Crippen LogP contribution is 2.13. The standard InChI is InChI=1S/C12H17ClN2O2.ClH/c1-15(2,7-8-16)9-12(17)14-11-5-3-10(13)4-6-11;/h3-6,16H,7-9H2,1-2H3;1H. The quantitative estimate of drug-likeness (QED) is 0.639. The molecular weight excluding hydrogens is 275 g/mol. The molecule has 2 N–H and O–H groups in total. The second kappa shape index (κ2) is 7.59. The van der Waals surface area contributed by atoms with Crippen molar-refractivity contribution in [3.63, 3.8) is 0 Å². The van der Waals surface area contributed by atoms with Gasteiger partial charge in [-0.2, -0.15) is 0 Å². The number of anilines is 1. The Labute approximate surface area is 119 Å². The van der Waals surface area contributed by atoms with Gasteiger partial charge in [-0.15, -0.1) is 0 Å². The van der Waals surface area contributed by atoms with Crippen molar-refractivity contribution in [3.05, 3.63) is 29.3 Å². The van der Waals surface area contributed by atoms with Crippen LogP contribution in [0.2, 0.25) is 5.02 Å². The van der Waals surface area contributed by atoms with E-state index in [0.29, 0.717) is 22.6 Å². The molecule has 0 bridgehead atoms. The van der Waals surface area contributed by atoms with Crippen LogP contribution >= 0.6 is 11.6 Å². The molecule has 0 aliphatic rings. The number of amides is 1. The third-order valence-corrected chi connectivity index (χ3v) is 2.66. The van der Waals surface area contributed by atoms with Crippen LogP contribution in [0.3, 0.4) is 0 Å². The summed E-state index contributed by atoms with van der Waals surface area (Å²) in [6, 6.07) is 6.97. The number of rotatable bonds is 5. The highest BCUT2D eigenvalue weighted by atomic mass is 35.5. The van der Waals surface area contributed by atoms with Gasteiger partial charge in [-0.05, 0) is 24.3 Å². The van der Waals surface area contributed by atoms with Gasteiger partial charge in [0, 0.05) is 10.7 Å². The van der Waals surface area contributed by atoms with Gasteiger partial charge in [0.1, 0.15) is 6.54 Å². The molecule has 6 heteroatoms. The topological polar surface area (TPSA) is 49.3 Å². The normalized spacial score (nSPS) is 10.7. The van der Waals surface area contributed by atoms with Crippen LogP contribution < -0.4 is 17.7 Å². The maximum atomic E-state index is 11.7. The number of carbonyl (C=O) groups is 1. The number of halogens is 2. The summed E-state index contributed by atoms with van der Waals surface area (Å²) >= 11 is 5.75. The first-order valence-electron chi connectivity index (χ1n) is 5.41. The molecule has 1 amide bonds. The number of aliphatic hydroxyl groups excluding tert-OH is 1. The Morgan fingerprint density at radius 1 is 1.33 bits per heavy atom. The molecule has 0 fully saturated rings. The largest absolute Gasteiger partial charge is 1.00 e. The lowest BCUT2D eigenvalue weighted by Crippen LogP contribution is -3.00. The van der Waals surface area contributed by atoms with Crippen LogP contribution in [0, 0.1) is 0 Å². The van der Waals surface area contributed by atoms with Gasteiger partial charge in [0.15, 0.2) is 6.54 Å². The molecule has 0 saturated carbocycles. The Kier molecular flexibility index (Phi) is 7.25. The molecular formula is C12H18Cl2N2O2. The molecule has 0 saturated heterocycles. The molecule has 0 atom stereocenters. The predicted molar refractivity (Wildman–Crippen MR) is 69.0 cm³/mol. The number of hydrogen-bond acceptors (Lipinski definition) is 2. The zero-order valence-corrected chi connectivity index (χ0v) is 12.0. The fourth-order valence-electron chi connectivity index (χ4n) is 1.47. The number of nitrogens with zero attached hydrogens (tertiary/aromatic N) is 1. The summed E-state index contributed by atoms with van der Waals surface area (Å²) in [5.41, 5.74) is 0.725. The summed E-state index contributed by atoms with van der Waals surface area (Å²) in [5, 5.41) is 12.3.